The second kappa shape index (κ2) is 6.36. The zero-order chi connectivity index (χ0) is 11.1. The van der Waals surface area contributed by atoms with Crippen LogP contribution in [-0.4, -0.2) is 6.04 Å². The fraction of sp³-hybridized carbons (Fsp3) is 0.385. The Kier molecular flexibility index (Phi) is 5.05. The number of benzene rings is 1. The molecule has 1 aromatic rings. The van der Waals surface area contributed by atoms with E-state index in [-0.39, 0.29) is 11.9 Å². The van der Waals surface area contributed by atoms with Crippen LogP contribution in [0.25, 0.3) is 0 Å². The monoisotopic (exact) mass is 207 g/mol. The van der Waals surface area contributed by atoms with E-state index in [1.807, 2.05) is 6.08 Å². The summed E-state index contributed by atoms with van der Waals surface area (Å²) in [4.78, 5) is 0. The quantitative estimate of drug-likeness (QED) is 0.563. The molecule has 0 aliphatic heterocycles. The van der Waals surface area contributed by atoms with Crippen LogP contribution in [-0.2, 0) is 6.42 Å². The van der Waals surface area contributed by atoms with Crippen molar-refractivity contribution in [3.8, 4) is 0 Å². The van der Waals surface area contributed by atoms with Gasteiger partial charge in [0.05, 0.1) is 0 Å². The number of allylic oxidation sites excluding steroid dienone is 1. The maximum absolute atomic E-state index is 12.6. The van der Waals surface area contributed by atoms with Crippen molar-refractivity contribution in [2.75, 3.05) is 0 Å². The van der Waals surface area contributed by atoms with Gasteiger partial charge in [0, 0.05) is 6.04 Å². The molecule has 2 heteroatoms. The lowest BCUT2D eigenvalue weighted by Crippen LogP contribution is -2.22. The molecule has 1 nitrogen and oxygen atoms in total. The van der Waals surface area contributed by atoms with Crippen LogP contribution in [0, 0.1) is 5.82 Å². The molecule has 82 valence electrons. The van der Waals surface area contributed by atoms with Crippen molar-refractivity contribution in [2.45, 2.75) is 31.7 Å². The molecule has 0 saturated heterocycles. The zero-order valence-corrected chi connectivity index (χ0v) is 8.95. The van der Waals surface area contributed by atoms with Crippen molar-refractivity contribution in [1.82, 2.24) is 0 Å². The number of nitrogens with two attached hydrogens (primary N) is 1. The smallest absolute Gasteiger partial charge is 0.123 e. The number of halogens is 1. The van der Waals surface area contributed by atoms with Crippen LogP contribution in [0.3, 0.4) is 0 Å². The van der Waals surface area contributed by atoms with Crippen LogP contribution in [0.15, 0.2) is 36.9 Å². The molecule has 0 aliphatic carbocycles. The van der Waals surface area contributed by atoms with E-state index in [0.29, 0.717) is 0 Å². The number of rotatable bonds is 6. The van der Waals surface area contributed by atoms with Gasteiger partial charge in [-0.05, 0) is 43.4 Å². The highest BCUT2D eigenvalue weighted by molar-refractivity contribution is 5.17. The van der Waals surface area contributed by atoms with E-state index in [9.17, 15) is 4.39 Å². The maximum atomic E-state index is 12.6. The van der Waals surface area contributed by atoms with Crippen molar-refractivity contribution >= 4 is 0 Å². The normalized spacial score (nSPS) is 12.4. The highest BCUT2D eigenvalue weighted by Gasteiger charge is 2.03. The Labute approximate surface area is 90.8 Å². The summed E-state index contributed by atoms with van der Waals surface area (Å²) in [6, 6.07) is 6.71. The van der Waals surface area contributed by atoms with Gasteiger partial charge in [0.15, 0.2) is 0 Å². The first-order valence-electron chi connectivity index (χ1n) is 5.33. The Morgan fingerprint density at radius 3 is 2.60 bits per heavy atom. The minimum atomic E-state index is -0.195. The summed E-state index contributed by atoms with van der Waals surface area (Å²) in [5.41, 5.74) is 7.06. The molecule has 0 aliphatic rings. The summed E-state index contributed by atoms with van der Waals surface area (Å²) in [6.45, 7) is 3.67. The number of hydrogen-bond donors (Lipinski definition) is 1. The van der Waals surface area contributed by atoms with Crippen LogP contribution < -0.4 is 5.73 Å². The molecule has 0 aromatic heterocycles. The van der Waals surface area contributed by atoms with Gasteiger partial charge in [-0.15, -0.1) is 6.58 Å². The van der Waals surface area contributed by atoms with Crippen LogP contribution >= 0.6 is 0 Å². The SMILES string of the molecule is C=CCCCC(N)Cc1ccc(F)cc1. The van der Waals surface area contributed by atoms with Crippen LogP contribution in [0.5, 0.6) is 0 Å². The van der Waals surface area contributed by atoms with E-state index in [4.69, 9.17) is 5.73 Å². The molecule has 0 spiro atoms. The predicted molar refractivity (Wildman–Crippen MR) is 62.1 cm³/mol. The van der Waals surface area contributed by atoms with Crippen LogP contribution in [0.2, 0.25) is 0 Å². The minimum absolute atomic E-state index is 0.162. The van der Waals surface area contributed by atoms with E-state index in [2.05, 4.69) is 6.58 Å². The summed E-state index contributed by atoms with van der Waals surface area (Å²) in [5, 5.41) is 0. The molecule has 0 amide bonds. The molecule has 0 radical (unpaired) electrons. The molecule has 0 heterocycles. The van der Waals surface area contributed by atoms with Crippen molar-refractivity contribution in [2.24, 2.45) is 5.73 Å². The van der Waals surface area contributed by atoms with E-state index in [1.54, 1.807) is 12.1 Å². The maximum Gasteiger partial charge on any atom is 0.123 e. The van der Waals surface area contributed by atoms with Gasteiger partial charge in [0.2, 0.25) is 0 Å². The third kappa shape index (κ3) is 4.75. The molecule has 2 N–H and O–H groups in total. The molecule has 0 saturated carbocycles. The topological polar surface area (TPSA) is 26.0 Å². The minimum Gasteiger partial charge on any atom is -0.327 e. The molecule has 1 rings (SSSR count). The summed E-state index contributed by atoms with van der Waals surface area (Å²) >= 11 is 0. The Morgan fingerprint density at radius 1 is 1.33 bits per heavy atom. The van der Waals surface area contributed by atoms with Gasteiger partial charge in [0.25, 0.3) is 0 Å². The van der Waals surface area contributed by atoms with Crippen molar-refractivity contribution < 1.29 is 4.39 Å². The fourth-order valence-corrected chi connectivity index (χ4v) is 1.55. The Morgan fingerprint density at radius 2 is 2.00 bits per heavy atom. The van der Waals surface area contributed by atoms with Gasteiger partial charge in [-0.25, -0.2) is 4.39 Å². The Hall–Kier alpha value is -1.15. The first kappa shape index (κ1) is 11.9. The van der Waals surface area contributed by atoms with Gasteiger partial charge in [-0.2, -0.15) is 0 Å². The van der Waals surface area contributed by atoms with Crippen LogP contribution in [0.4, 0.5) is 4.39 Å². The lowest BCUT2D eigenvalue weighted by atomic mass is 10.0. The highest BCUT2D eigenvalue weighted by Crippen LogP contribution is 2.08. The molecule has 1 unspecified atom stereocenters. The van der Waals surface area contributed by atoms with Gasteiger partial charge in [0.1, 0.15) is 5.82 Å². The molecular weight excluding hydrogens is 189 g/mol. The second-order valence-electron chi connectivity index (χ2n) is 3.81. The molecule has 1 atom stereocenters. The van der Waals surface area contributed by atoms with Crippen LogP contribution in [0.1, 0.15) is 24.8 Å². The number of unbranched alkanes of at least 4 members (excludes halogenated alkanes) is 1. The number of hydrogen-bond acceptors (Lipinski definition) is 1. The Balaban J connectivity index is 2.34. The van der Waals surface area contributed by atoms with Crippen molar-refractivity contribution in [3.05, 3.63) is 48.3 Å². The van der Waals surface area contributed by atoms with Gasteiger partial charge >= 0.3 is 0 Å². The average molecular weight is 207 g/mol. The first-order chi connectivity index (χ1) is 7.22. The molecule has 1 aromatic carbocycles. The molecule has 15 heavy (non-hydrogen) atoms. The van der Waals surface area contributed by atoms with Crippen molar-refractivity contribution in [1.29, 1.82) is 0 Å². The summed E-state index contributed by atoms with van der Waals surface area (Å²) < 4.78 is 12.6. The summed E-state index contributed by atoms with van der Waals surface area (Å²) in [6.07, 6.45) is 5.80. The van der Waals surface area contributed by atoms with Gasteiger partial charge in [-0.3, -0.25) is 0 Å². The molecular formula is C13H18FN. The standard InChI is InChI=1S/C13H18FN/c1-2-3-4-5-13(15)10-11-6-8-12(14)9-7-11/h2,6-9,13H,1,3-5,10,15H2. The highest BCUT2D eigenvalue weighted by atomic mass is 19.1. The Bertz CT molecular complexity index is 292. The average Bonchev–Trinajstić information content (AvgIpc) is 2.22. The van der Waals surface area contributed by atoms with E-state index in [0.717, 1.165) is 31.2 Å². The third-order valence-electron chi connectivity index (χ3n) is 2.39. The second-order valence-corrected chi connectivity index (χ2v) is 3.81. The van der Waals surface area contributed by atoms with E-state index >= 15 is 0 Å². The molecule has 0 fully saturated rings. The van der Waals surface area contributed by atoms with E-state index < -0.39 is 0 Å². The fourth-order valence-electron chi connectivity index (χ4n) is 1.55. The van der Waals surface area contributed by atoms with E-state index in [1.165, 1.54) is 12.1 Å². The van der Waals surface area contributed by atoms with Gasteiger partial charge in [-0.1, -0.05) is 18.2 Å². The zero-order valence-electron chi connectivity index (χ0n) is 8.95. The summed E-state index contributed by atoms with van der Waals surface area (Å²) in [7, 11) is 0. The lowest BCUT2D eigenvalue weighted by Gasteiger charge is -2.10. The molecule has 0 bridgehead atoms. The first-order valence-corrected chi connectivity index (χ1v) is 5.33. The third-order valence-corrected chi connectivity index (χ3v) is 2.39. The van der Waals surface area contributed by atoms with Gasteiger partial charge < -0.3 is 5.73 Å². The largest absolute Gasteiger partial charge is 0.327 e. The lowest BCUT2D eigenvalue weighted by molar-refractivity contribution is 0.582. The summed E-state index contributed by atoms with van der Waals surface area (Å²) in [5.74, 6) is -0.195. The predicted octanol–water partition coefficient (Wildman–Crippen LogP) is 3.05. The van der Waals surface area contributed by atoms with Crippen molar-refractivity contribution in [3.63, 3.8) is 0 Å².